The number of ether oxygens (including phenoxy) is 1. The Labute approximate surface area is 172 Å². The highest BCUT2D eigenvalue weighted by molar-refractivity contribution is 6.29. The van der Waals surface area contributed by atoms with Crippen LogP contribution in [0.2, 0.25) is 5.15 Å². The van der Waals surface area contributed by atoms with Gasteiger partial charge in [0.1, 0.15) is 16.7 Å². The van der Waals surface area contributed by atoms with E-state index >= 15 is 0 Å². The van der Waals surface area contributed by atoms with E-state index in [1.807, 2.05) is 18.2 Å². The number of halogens is 1. The van der Waals surface area contributed by atoms with Gasteiger partial charge in [0, 0.05) is 24.2 Å². The van der Waals surface area contributed by atoms with Crippen LogP contribution in [-0.4, -0.2) is 42.0 Å². The molecule has 2 aliphatic heterocycles. The van der Waals surface area contributed by atoms with Crippen molar-refractivity contribution in [3.8, 4) is 5.75 Å². The number of hydrogen-bond donors (Lipinski definition) is 0. The molecule has 0 aliphatic carbocycles. The zero-order valence-electron chi connectivity index (χ0n) is 16.4. The Hall–Kier alpha value is -2.11. The van der Waals surface area contributed by atoms with Crippen LogP contribution in [0.3, 0.4) is 0 Å². The summed E-state index contributed by atoms with van der Waals surface area (Å²) in [6.07, 6.45) is 6.37. The van der Waals surface area contributed by atoms with Crippen molar-refractivity contribution in [2.75, 3.05) is 31.1 Å². The Morgan fingerprint density at radius 3 is 2.68 bits per heavy atom. The molecule has 28 heavy (non-hydrogen) atoms. The molecular formula is C22H27ClN4O. The van der Waals surface area contributed by atoms with E-state index in [2.05, 4.69) is 33.8 Å². The molecule has 1 aromatic heterocycles. The number of fused-ring (bicyclic) bond motifs is 1. The van der Waals surface area contributed by atoms with E-state index in [0.29, 0.717) is 5.15 Å². The van der Waals surface area contributed by atoms with E-state index in [1.54, 1.807) is 6.20 Å². The number of pyridine rings is 1. The van der Waals surface area contributed by atoms with Gasteiger partial charge in [-0.3, -0.25) is 0 Å². The summed E-state index contributed by atoms with van der Waals surface area (Å²) >= 11 is 6.07. The second-order valence-electron chi connectivity index (χ2n) is 7.35. The van der Waals surface area contributed by atoms with Gasteiger partial charge < -0.3 is 14.5 Å². The Bertz CT molecular complexity index is 831. The zero-order chi connectivity index (χ0) is 19.3. The van der Waals surface area contributed by atoms with Crippen molar-refractivity contribution in [1.29, 1.82) is 0 Å². The van der Waals surface area contributed by atoms with Gasteiger partial charge in [-0.15, -0.1) is 0 Å². The largest absolute Gasteiger partial charge is 0.494 e. The van der Waals surface area contributed by atoms with Gasteiger partial charge in [0.2, 0.25) is 0 Å². The van der Waals surface area contributed by atoms with E-state index in [9.17, 15) is 0 Å². The van der Waals surface area contributed by atoms with Crippen LogP contribution >= 0.6 is 11.6 Å². The SMILES string of the molecule is CCC1=Nc2cnc(Cl)cc2CN1c1ccc(OCCCN2CCCC2)cc1. The van der Waals surface area contributed by atoms with Crippen molar-refractivity contribution in [3.05, 3.63) is 47.2 Å². The zero-order valence-corrected chi connectivity index (χ0v) is 17.2. The smallest absolute Gasteiger partial charge is 0.129 e. The lowest BCUT2D eigenvalue weighted by atomic mass is 10.1. The van der Waals surface area contributed by atoms with Crippen LogP contribution in [0.4, 0.5) is 11.4 Å². The molecule has 6 heteroatoms. The minimum absolute atomic E-state index is 0.506. The highest BCUT2D eigenvalue weighted by atomic mass is 35.5. The summed E-state index contributed by atoms with van der Waals surface area (Å²) in [6.45, 7) is 7.27. The summed E-state index contributed by atoms with van der Waals surface area (Å²) in [4.78, 5) is 13.7. The molecule has 1 fully saturated rings. The third-order valence-corrected chi connectivity index (χ3v) is 5.58. The van der Waals surface area contributed by atoms with Gasteiger partial charge >= 0.3 is 0 Å². The van der Waals surface area contributed by atoms with Crippen LogP contribution < -0.4 is 9.64 Å². The minimum atomic E-state index is 0.506. The lowest BCUT2D eigenvalue weighted by Gasteiger charge is -2.30. The number of aliphatic imine (C=N–C) groups is 1. The number of hydrogen-bond acceptors (Lipinski definition) is 5. The lowest BCUT2D eigenvalue weighted by Crippen LogP contribution is -2.32. The molecule has 0 N–H and O–H groups in total. The number of anilines is 1. The number of likely N-dealkylation sites (tertiary alicyclic amines) is 1. The molecule has 3 heterocycles. The average Bonchev–Trinajstić information content (AvgIpc) is 3.24. The second kappa shape index (κ2) is 8.93. The number of amidine groups is 1. The number of aromatic nitrogens is 1. The van der Waals surface area contributed by atoms with Gasteiger partial charge in [-0.05, 0) is 62.7 Å². The van der Waals surface area contributed by atoms with Crippen molar-refractivity contribution in [3.63, 3.8) is 0 Å². The van der Waals surface area contributed by atoms with Gasteiger partial charge in [0.25, 0.3) is 0 Å². The first kappa shape index (κ1) is 19.2. The Balaban J connectivity index is 1.37. The quantitative estimate of drug-likeness (QED) is 0.482. The molecule has 0 spiro atoms. The van der Waals surface area contributed by atoms with Crippen LogP contribution in [0.1, 0.15) is 38.2 Å². The number of rotatable bonds is 7. The fourth-order valence-corrected chi connectivity index (χ4v) is 4.05. The van der Waals surface area contributed by atoms with E-state index in [4.69, 9.17) is 21.3 Å². The second-order valence-corrected chi connectivity index (χ2v) is 7.74. The van der Waals surface area contributed by atoms with E-state index < -0.39 is 0 Å². The van der Waals surface area contributed by atoms with E-state index in [-0.39, 0.29) is 0 Å². The molecule has 0 radical (unpaired) electrons. The van der Waals surface area contributed by atoms with Crippen molar-refractivity contribution >= 4 is 28.8 Å². The van der Waals surface area contributed by atoms with E-state index in [1.165, 1.54) is 25.9 Å². The Morgan fingerprint density at radius 2 is 1.93 bits per heavy atom. The molecule has 0 saturated carbocycles. The summed E-state index contributed by atoms with van der Waals surface area (Å²) in [7, 11) is 0. The van der Waals surface area contributed by atoms with Crippen LogP contribution in [-0.2, 0) is 6.54 Å². The molecule has 2 aromatic rings. The molecule has 4 rings (SSSR count). The van der Waals surface area contributed by atoms with Crippen molar-refractivity contribution in [1.82, 2.24) is 9.88 Å². The molecule has 0 atom stereocenters. The van der Waals surface area contributed by atoms with Crippen LogP contribution in [0.15, 0.2) is 41.5 Å². The maximum atomic E-state index is 6.07. The molecule has 148 valence electrons. The Morgan fingerprint density at radius 1 is 1.14 bits per heavy atom. The molecule has 5 nitrogen and oxygen atoms in total. The monoisotopic (exact) mass is 398 g/mol. The molecule has 0 unspecified atom stereocenters. The van der Waals surface area contributed by atoms with Gasteiger partial charge in [-0.1, -0.05) is 18.5 Å². The maximum absolute atomic E-state index is 6.07. The summed E-state index contributed by atoms with van der Waals surface area (Å²) in [5.41, 5.74) is 3.12. The molecule has 1 aromatic carbocycles. The van der Waals surface area contributed by atoms with Gasteiger partial charge in [-0.25, -0.2) is 9.98 Å². The van der Waals surface area contributed by atoms with Crippen LogP contribution in [0.5, 0.6) is 5.75 Å². The maximum Gasteiger partial charge on any atom is 0.129 e. The fourth-order valence-electron chi connectivity index (χ4n) is 3.87. The predicted molar refractivity (Wildman–Crippen MR) is 115 cm³/mol. The van der Waals surface area contributed by atoms with Gasteiger partial charge in [0.15, 0.2) is 0 Å². The van der Waals surface area contributed by atoms with E-state index in [0.717, 1.165) is 61.1 Å². The van der Waals surface area contributed by atoms with Crippen molar-refractivity contribution in [2.24, 2.45) is 4.99 Å². The lowest BCUT2D eigenvalue weighted by molar-refractivity contribution is 0.263. The molecule has 2 aliphatic rings. The van der Waals surface area contributed by atoms with Gasteiger partial charge in [-0.2, -0.15) is 0 Å². The summed E-state index contributed by atoms with van der Waals surface area (Å²) in [5.74, 6) is 1.96. The third-order valence-electron chi connectivity index (χ3n) is 5.37. The molecular weight excluding hydrogens is 372 g/mol. The summed E-state index contributed by atoms with van der Waals surface area (Å²) < 4.78 is 5.93. The highest BCUT2D eigenvalue weighted by Gasteiger charge is 2.20. The minimum Gasteiger partial charge on any atom is -0.494 e. The first-order valence-corrected chi connectivity index (χ1v) is 10.6. The fraction of sp³-hybridized carbons (Fsp3) is 0.455. The predicted octanol–water partition coefficient (Wildman–Crippen LogP) is 5.06. The average molecular weight is 399 g/mol. The molecule has 0 bridgehead atoms. The topological polar surface area (TPSA) is 41.0 Å². The normalized spacial score (nSPS) is 16.8. The van der Waals surface area contributed by atoms with Crippen molar-refractivity contribution in [2.45, 2.75) is 39.2 Å². The third kappa shape index (κ3) is 4.47. The molecule has 1 saturated heterocycles. The number of nitrogens with zero attached hydrogens (tertiary/aromatic N) is 4. The summed E-state index contributed by atoms with van der Waals surface area (Å²) in [5, 5.41) is 0.506. The standard InChI is InChI=1S/C22H27ClN4O/c1-2-22-25-20-15-24-21(23)14-17(20)16-27(22)18-6-8-19(9-7-18)28-13-5-12-26-10-3-4-11-26/h6-9,14-15H,2-5,10-13,16H2,1H3. The highest BCUT2D eigenvalue weighted by Crippen LogP contribution is 2.31. The van der Waals surface area contributed by atoms with Gasteiger partial charge in [0.05, 0.1) is 25.0 Å². The van der Waals surface area contributed by atoms with Crippen LogP contribution in [0, 0.1) is 0 Å². The first-order chi connectivity index (χ1) is 13.7. The summed E-state index contributed by atoms with van der Waals surface area (Å²) in [6, 6.07) is 10.2. The van der Waals surface area contributed by atoms with Crippen LogP contribution in [0.25, 0.3) is 0 Å². The molecule has 0 amide bonds. The first-order valence-electron chi connectivity index (χ1n) is 10.2. The number of benzene rings is 1. The Kier molecular flexibility index (Phi) is 6.13. The van der Waals surface area contributed by atoms with Crippen molar-refractivity contribution < 1.29 is 4.74 Å².